The molecule has 0 saturated carbocycles. The molecule has 0 aromatic heterocycles. The zero-order valence-corrected chi connectivity index (χ0v) is 12.7. The van der Waals surface area contributed by atoms with Gasteiger partial charge < -0.3 is 15.2 Å². The molecule has 0 aliphatic rings. The number of benzene rings is 2. The van der Waals surface area contributed by atoms with Gasteiger partial charge in [0.2, 0.25) is 0 Å². The van der Waals surface area contributed by atoms with Gasteiger partial charge in [0, 0.05) is 0 Å². The SMILES string of the molecule is COc1cccc(Br)c1OCc1ccc(Cl)c(N)c1. The maximum Gasteiger partial charge on any atom is 0.175 e. The number of nitrogens with two attached hydrogens (primary N) is 1. The minimum absolute atomic E-state index is 0.389. The van der Waals surface area contributed by atoms with E-state index in [-0.39, 0.29) is 0 Å². The lowest BCUT2D eigenvalue weighted by molar-refractivity contribution is 0.282. The Morgan fingerprint density at radius 2 is 2.05 bits per heavy atom. The molecule has 0 bridgehead atoms. The van der Waals surface area contributed by atoms with Crippen molar-refractivity contribution >= 4 is 33.2 Å². The summed E-state index contributed by atoms with van der Waals surface area (Å²) in [5.41, 5.74) is 7.24. The third-order valence-corrected chi connectivity index (χ3v) is 3.56. The Kier molecular flexibility index (Phi) is 4.56. The number of rotatable bonds is 4. The smallest absolute Gasteiger partial charge is 0.175 e. The molecule has 0 heterocycles. The fourth-order valence-corrected chi connectivity index (χ4v) is 2.21. The molecule has 0 unspecified atom stereocenters. The van der Waals surface area contributed by atoms with Gasteiger partial charge >= 0.3 is 0 Å². The Morgan fingerprint density at radius 1 is 1.26 bits per heavy atom. The summed E-state index contributed by atoms with van der Waals surface area (Å²) < 4.78 is 11.9. The molecule has 0 radical (unpaired) electrons. The quantitative estimate of drug-likeness (QED) is 0.844. The van der Waals surface area contributed by atoms with Crippen molar-refractivity contribution in [1.29, 1.82) is 0 Å². The van der Waals surface area contributed by atoms with Crippen LogP contribution in [-0.2, 0) is 6.61 Å². The summed E-state index contributed by atoms with van der Waals surface area (Å²) in [6.45, 7) is 0.389. The molecule has 0 saturated heterocycles. The van der Waals surface area contributed by atoms with Crippen LogP contribution in [-0.4, -0.2) is 7.11 Å². The third kappa shape index (κ3) is 3.33. The number of methoxy groups -OCH3 is 1. The molecule has 0 fully saturated rings. The van der Waals surface area contributed by atoms with E-state index in [1.54, 1.807) is 19.2 Å². The normalized spacial score (nSPS) is 10.3. The first-order chi connectivity index (χ1) is 9.11. The van der Waals surface area contributed by atoms with Gasteiger partial charge in [-0.3, -0.25) is 0 Å². The molecule has 5 heteroatoms. The van der Waals surface area contributed by atoms with E-state index in [4.69, 9.17) is 26.8 Å². The fraction of sp³-hybridized carbons (Fsp3) is 0.143. The van der Waals surface area contributed by atoms with Gasteiger partial charge in [0.1, 0.15) is 6.61 Å². The topological polar surface area (TPSA) is 44.5 Å². The molecular formula is C14H13BrClNO2. The minimum atomic E-state index is 0.389. The molecule has 2 N–H and O–H groups in total. The molecule has 0 spiro atoms. The number of anilines is 1. The van der Waals surface area contributed by atoms with Gasteiger partial charge in [-0.1, -0.05) is 23.7 Å². The number of nitrogen functional groups attached to an aromatic ring is 1. The third-order valence-electron chi connectivity index (χ3n) is 2.59. The average molecular weight is 343 g/mol. The fourth-order valence-electron chi connectivity index (χ4n) is 1.63. The van der Waals surface area contributed by atoms with Crippen LogP contribution in [0.15, 0.2) is 40.9 Å². The van der Waals surface area contributed by atoms with Crippen LogP contribution in [0.3, 0.4) is 0 Å². The van der Waals surface area contributed by atoms with E-state index in [1.165, 1.54) is 0 Å². The van der Waals surface area contributed by atoms with E-state index >= 15 is 0 Å². The van der Waals surface area contributed by atoms with E-state index in [0.717, 1.165) is 10.0 Å². The molecule has 2 aromatic carbocycles. The van der Waals surface area contributed by atoms with Crippen LogP contribution in [0.2, 0.25) is 5.02 Å². The van der Waals surface area contributed by atoms with Crippen molar-refractivity contribution in [2.75, 3.05) is 12.8 Å². The Balaban J connectivity index is 2.16. The number of ether oxygens (including phenoxy) is 2. The highest BCUT2D eigenvalue weighted by atomic mass is 79.9. The van der Waals surface area contributed by atoms with Crippen molar-refractivity contribution in [2.45, 2.75) is 6.61 Å². The maximum absolute atomic E-state index is 5.88. The van der Waals surface area contributed by atoms with Crippen LogP contribution in [0.1, 0.15) is 5.56 Å². The van der Waals surface area contributed by atoms with Crippen LogP contribution in [0, 0.1) is 0 Å². The first kappa shape index (κ1) is 14.0. The zero-order chi connectivity index (χ0) is 13.8. The summed E-state index contributed by atoms with van der Waals surface area (Å²) in [5.74, 6) is 1.34. The van der Waals surface area contributed by atoms with Gasteiger partial charge in [-0.25, -0.2) is 0 Å². The standard InChI is InChI=1S/C14H13BrClNO2/c1-18-13-4-2-3-10(15)14(13)19-8-9-5-6-11(16)12(17)7-9/h2-7H,8,17H2,1H3. The van der Waals surface area contributed by atoms with Gasteiger partial charge in [0.25, 0.3) is 0 Å². The summed E-state index contributed by atoms with van der Waals surface area (Å²) in [4.78, 5) is 0. The summed E-state index contributed by atoms with van der Waals surface area (Å²) in [6.07, 6.45) is 0. The van der Waals surface area contributed by atoms with Gasteiger partial charge in [0.05, 0.1) is 22.3 Å². The summed E-state index contributed by atoms with van der Waals surface area (Å²) in [5, 5.41) is 0.544. The van der Waals surface area contributed by atoms with Crippen molar-refractivity contribution in [2.24, 2.45) is 0 Å². The second kappa shape index (κ2) is 6.17. The molecule has 0 aliphatic heterocycles. The second-order valence-corrected chi connectivity index (χ2v) is 5.18. The van der Waals surface area contributed by atoms with E-state index in [2.05, 4.69) is 15.9 Å². The lowest BCUT2D eigenvalue weighted by Gasteiger charge is -2.12. The summed E-state index contributed by atoms with van der Waals surface area (Å²) in [6, 6.07) is 11.1. The first-order valence-corrected chi connectivity index (χ1v) is 6.78. The number of hydrogen-bond donors (Lipinski definition) is 1. The van der Waals surface area contributed by atoms with Crippen molar-refractivity contribution in [3.05, 3.63) is 51.5 Å². The van der Waals surface area contributed by atoms with Crippen molar-refractivity contribution in [1.82, 2.24) is 0 Å². The maximum atomic E-state index is 5.88. The van der Waals surface area contributed by atoms with Crippen molar-refractivity contribution in [3.8, 4) is 11.5 Å². The Labute approximate surface area is 125 Å². The molecule has 0 atom stereocenters. The number of para-hydroxylation sites is 1. The van der Waals surface area contributed by atoms with Crippen LogP contribution >= 0.6 is 27.5 Å². The summed E-state index contributed by atoms with van der Waals surface area (Å²) in [7, 11) is 1.61. The Hall–Kier alpha value is -1.39. The summed E-state index contributed by atoms with van der Waals surface area (Å²) >= 11 is 9.31. The molecule has 3 nitrogen and oxygen atoms in total. The van der Waals surface area contributed by atoms with E-state index in [9.17, 15) is 0 Å². The highest BCUT2D eigenvalue weighted by molar-refractivity contribution is 9.10. The van der Waals surface area contributed by atoms with E-state index in [1.807, 2.05) is 24.3 Å². The molecule has 0 aliphatic carbocycles. The average Bonchev–Trinajstić information content (AvgIpc) is 2.41. The minimum Gasteiger partial charge on any atom is -0.493 e. The molecule has 2 aromatic rings. The van der Waals surface area contributed by atoms with Gasteiger partial charge in [0.15, 0.2) is 11.5 Å². The molecule has 19 heavy (non-hydrogen) atoms. The predicted octanol–water partition coefficient (Wildman–Crippen LogP) is 4.27. The van der Waals surface area contributed by atoms with E-state index < -0.39 is 0 Å². The number of hydrogen-bond acceptors (Lipinski definition) is 3. The highest BCUT2D eigenvalue weighted by Gasteiger charge is 2.09. The molecule has 100 valence electrons. The van der Waals surface area contributed by atoms with Gasteiger partial charge in [-0.05, 0) is 45.8 Å². The van der Waals surface area contributed by atoms with Crippen LogP contribution < -0.4 is 15.2 Å². The molecule has 2 rings (SSSR count). The second-order valence-electron chi connectivity index (χ2n) is 3.92. The van der Waals surface area contributed by atoms with Crippen molar-refractivity contribution in [3.63, 3.8) is 0 Å². The predicted molar refractivity (Wildman–Crippen MR) is 80.9 cm³/mol. The monoisotopic (exact) mass is 341 g/mol. The first-order valence-electron chi connectivity index (χ1n) is 5.61. The van der Waals surface area contributed by atoms with Crippen LogP contribution in [0.25, 0.3) is 0 Å². The highest BCUT2D eigenvalue weighted by Crippen LogP contribution is 2.35. The zero-order valence-electron chi connectivity index (χ0n) is 10.3. The Bertz CT molecular complexity index is 590. The Morgan fingerprint density at radius 3 is 2.74 bits per heavy atom. The lowest BCUT2D eigenvalue weighted by atomic mass is 10.2. The molecule has 0 amide bonds. The van der Waals surface area contributed by atoms with Crippen LogP contribution in [0.5, 0.6) is 11.5 Å². The van der Waals surface area contributed by atoms with E-state index in [0.29, 0.717) is 28.8 Å². The van der Waals surface area contributed by atoms with Gasteiger partial charge in [-0.15, -0.1) is 0 Å². The van der Waals surface area contributed by atoms with Crippen molar-refractivity contribution < 1.29 is 9.47 Å². The van der Waals surface area contributed by atoms with Gasteiger partial charge in [-0.2, -0.15) is 0 Å². The molecular weight excluding hydrogens is 330 g/mol. The van der Waals surface area contributed by atoms with Crippen LogP contribution in [0.4, 0.5) is 5.69 Å². The largest absolute Gasteiger partial charge is 0.493 e. The lowest BCUT2D eigenvalue weighted by Crippen LogP contribution is -1.99. The number of halogens is 2.